The van der Waals surface area contributed by atoms with Crippen LogP contribution in [0.5, 0.6) is 5.75 Å². The summed E-state index contributed by atoms with van der Waals surface area (Å²) >= 11 is 0. The molecule has 0 aliphatic carbocycles. The molecule has 0 saturated carbocycles. The van der Waals surface area contributed by atoms with Gasteiger partial charge in [0.15, 0.2) is 0 Å². The maximum absolute atomic E-state index is 12.6. The van der Waals surface area contributed by atoms with Crippen LogP contribution < -0.4 is 9.04 Å². The standard InChI is InChI=1S/C14H20N2O5S/c1-15(22(3,18)19)11-4-5-13(20-2)12(10-11)14(17)16-6-8-21-9-7-16/h4-5,10H,6-9H2,1-3H3. The summed E-state index contributed by atoms with van der Waals surface area (Å²) in [6.45, 7) is 2.01. The van der Waals surface area contributed by atoms with Crippen molar-refractivity contribution in [3.8, 4) is 5.75 Å². The average Bonchev–Trinajstić information content (AvgIpc) is 2.52. The maximum atomic E-state index is 12.6. The van der Waals surface area contributed by atoms with Crippen LogP contribution in [0.4, 0.5) is 5.69 Å². The van der Waals surface area contributed by atoms with Gasteiger partial charge in [0.25, 0.3) is 5.91 Å². The molecule has 0 atom stereocenters. The van der Waals surface area contributed by atoms with Gasteiger partial charge in [-0.15, -0.1) is 0 Å². The summed E-state index contributed by atoms with van der Waals surface area (Å²) in [6.07, 6.45) is 1.11. The summed E-state index contributed by atoms with van der Waals surface area (Å²) in [5, 5.41) is 0. The third-order valence-electron chi connectivity index (χ3n) is 3.57. The first-order valence-electron chi connectivity index (χ1n) is 6.83. The molecule has 1 amide bonds. The van der Waals surface area contributed by atoms with E-state index < -0.39 is 10.0 Å². The number of nitrogens with zero attached hydrogens (tertiary/aromatic N) is 2. The van der Waals surface area contributed by atoms with E-state index in [1.807, 2.05) is 0 Å². The maximum Gasteiger partial charge on any atom is 0.257 e. The van der Waals surface area contributed by atoms with E-state index in [1.54, 1.807) is 17.0 Å². The Balaban J connectivity index is 2.38. The van der Waals surface area contributed by atoms with Gasteiger partial charge in [0.2, 0.25) is 10.0 Å². The smallest absolute Gasteiger partial charge is 0.257 e. The number of ether oxygens (including phenoxy) is 2. The zero-order chi connectivity index (χ0) is 16.3. The normalized spacial score (nSPS) is 15.5. The Labute approximate surface area is 130 Å². The molecule has 1 aromatic carbocycles. The second-order valence-electron chi connectivity index (χ2n) is 5.02. The monoisotopic (exact) mass is 328 g/mol. The zero-order valence-electron chi connectivity index (χ0n) is 12.9. The summed E-state index contributed by atoms with van der Waals surface area (Å²) in [4.78, 5) is 14.3. The second kappa shape index (κ2) is 6.53. The van der Waals surface area contributed by atoms with E-state index in [0.29, 0.717) is 43.3 Å². The molecule has 1 fully saturated rings. The molecular weight excluding hydrogens is 308 g/mol. The van der Waals surface area contributed by atoms with Crippen molar-refractivity contribution >= 4 is 21.6 Å². The van der Waals surface area contributed by atoms with Gasteiger partial charge in [-0.3, -0.25) is 9.10 Å². The Morgan fingerprint density at radius 3 is 2.50 bits per heavy atom. The predicted octanol–water partition coefficient (Wildman–Crippen LogP) is 0.563. The Morgan fingerprint density at radius 2 is 1.95 bits per heavy atom. The molecule has 2 rings (SSSR count). The topological polar surface area (TPSA) is 76.2 Å². The van der Waals surface area contributed by atoms with E-state index in [0.717, 1.165) is 10.6 Å². The van der Waals surface area contributed by atoms with E-state index in [1.165, 1.54) is 20.2 Å². The van der Waals surface area contributed by atoms with Crippen molar-refractivity contribution in [2.75, 3.05) is 51.0 Å². The summed E-state index contributed by atoms with van der Waals surface area (Å²) in [7, 11) is -0.473. The molecule has 1 saturated heterocycles. The number of hydrogen-bond acceptors (Lipinski definition) is 5. The molecule has 0 unspecified atom stereocenters. The fourth-order valence-corrected chi connectivity index (χ4v) is 2.68. The molecule has 1 aromatic rings. The number of benzene rings is 1. The first-order chi connectivity index (χ1) is 10.3. The van der Waals surface area contributed by atoms with Crippen LogP contribution in [0.1, 0.15) is 10.4 Å². The Hall–Kier alpha value is -1.80. The fraction of sp³-hybridized carbons (Fsp3) is 0.500. The lowest BCUT2D eigenvalue weighted by molar-refractivity contribution is 0.0301. The molecule has 0 aromatic heterocycles. The highest BCUT2D eigenvalue weighted by atomic mass is 32.2. The Bertz CT molecular complexity index is 653. The largest absolute Gasteiger partial charge is 0.496 e. The predicted molar refractivity (Wildman–Crippen MR) is 83.0 cm³/mol. The Kier molecular flexibility index (Phi) is 4.92. The molecular formula is C14H20N2O5S. The number of carbonyl (C=O) groups excluding carboxylic acids is 1. The van der Waals surface area contributed by atoms with Gasteiger partial charge in [0, 0.05) is 20.1 Å². The van der Waals surface area contributed by atoms with Crippen LogP contribution in [0.2, 0.25) is 0 Å². The number of sulfonamides is 1. The minimum atomic E-state index is -3.40. The van der Waals surface area contributed by atoms with Gasteiger partial charge in [-0.25, -0.2) is 8.42 Å². The van der Waals surface area contributed by atoms with E-state index in [9.17, 15) is 13.2 Å². The molecule has 1 heterocycles. The highest BCUT2D eigenvalue weighted by molar-refractivity contribution is 7.92. The molecule has 7 nitrogen and oxygen atoms in total. The van der Waals surface area contributed by atoms with Gasteiger partial charge in [0.05, 0.1) is 37.8 Å². The highest BCUT2D eigenvalue weighted by Gasteiger charge is 2.23. The van der Waals surface area contributed by atoms with Crippen molar-refractivity contribution in [1.29, 1.82) is 0 Å². The van der Waals surface area contributed by atoms with Gasteiger partial charge in [-0.2, -0.15) is 0 Å². The number of hydrogen-bond donors (Lipinski definition) is 0. The molecule has 0 spiro atoms. The molecule has 0 radical (unpaired) electrons. The lowest BCUT2D eigenvalue weighted by Gasteiger charge is -2.28. The van der Waals surface area contributed by atoms with Gasteiger partial charge in [-0.05, 0) is 18.2 Å². The van der Waals surface area contributed by atoms with Gasteiger partial charge in [-0.1, -0.05) is 0 Å². The number of methoxy groups -OCH3 is 1. The quantitative estimate of drug-likeness (QED) is 0.807. The van der Waals surface area contributed by atoms with E-state index in [-0.39, 0.29) is 5.91 Å². The van der Waals surface area contributed by atoms with Crippen molar-refractivity contribution in [2.45, 2.75) is 0 Å². The third kappa shape index (κ3) is 3.50. The number of morpholine rings is 1. The molecule has 122 valence electrons. The summed E-state index contributed by atoms with van der Waals surface area (Å²) < 4.78 is 34.9. The van der Waals surface area contributed by atoms with Crippen LogP contribution in [0.15, 0.2) is 18.2 Å². The van der Waals surface area contributed by atoms with Gasteiger partial charge < -0.3 is 14.4 Å². The molecule has 0 bridgehead atoms. The Morgan fingerprint density at radius 1 is 1.32 bits per heavy atom. The van der Waals surface area contributed by atoms with Crippen LogP contribution in [-0.2, 0) is 14.8 Å². The molecule has 1 aliphatic heterocycles. The molecule has 1 aliphatic rings. The van der Waals surface area contributed by atoms with Crippen molar-refractivity contribution < 1.29 is 22.7 Å². The lowest BCUT2D eigenvalue weighted by atomic mass is 10.1. The van der Waals surface area contributed by atoms with Crippen LogP contribution in [0.25, 0.3) is 0 Å². The van der Waals surface area contributed by atoms with Crippen molar-refractivity contribution in [3.63, 3.8) is 0 Å². The van der Waals surface area contributed by atoms with Crippen LogP contribution in [0, 0.1) is 0 Å². The summed E-state index contributed by atoms with van der Waals surface area (Å²) in [6, 6.07) is 4.75. The minimum absolute atomic E-state index is 0.191. The zero-order valence-corrected chi connectivity index (χ0v) is 13.7. The van der Waals surface area contributed by atoms with E-state index in [4.69, 9.17) is 9.47 Å². The number of rotatable bonds is 4. The third-order valence-corrected chi connectivity index (χ3v) is 4.78. The van der Waals surface area contributed by atoms with Gasteiger partial charge >= 0.3 is 0 Å². The minimum Gasteiger partial charge on any atom is -0.496 e. The first kappa shape index (κ1) is 16.6. The van der Waals surface area contributed by atoms with E-state index in [2.05, 4.69) is 0 Å². The summed E-state index contributed by atoms with van der Waals surface area (Å²) in [5.41, 5.74) is 0.761. The van der Waals surface area contributed by atoms with Crippen molar-refractivity contribution in [1.82, 2.24) is 4.90 Å². The number of carbonyl (C=O) groups is 1. The van der Waals surface area contributed by atoms with Crippen LogP contribution in [-0.4, -0.2) is 65.9 Å². The first-order valence-corrected chi connectivity index (χ1v) is 8.68. The fourth-order valence-electron chi connectivity index (χ4n) is 2.19. The van der Waals surface area contributed by atoms with Gasteiger partial charge in [0.1, 0.15) is 5.75 Å². The average molecular weight is 328 g/mol. The lowest BCUT2D eigenvalue weighted by Crippen LogP contribution is -2.40. The van der Waals surface area contributed by atoms with Crippen LogP contribution in [0.3, 0.4) is 0 Å². The second-order valence-corrected chi connectivity index (χ2v) is 7.03. The number of anilines is 1. The van der Waals surface area contributed by atoms with Crippen molar-refractivity contribution in [3.05, 3.63) is 23.8 Å². The number of amides is 1. The van der Waals surface area contributed by atoms with Crippen LogP contribution >= 0.6 is 0 Å². The molecule has 0 N–H and O–H groups in total. The molecule has 8 heteroatoms. The molecule has 22 heavy (non-hydrogen) atoms. The van der Waals surface area contributed by atoms with E-state index >= 15 is 0 Å². The van der Waals surface area contributed by atoms with Crippen molar-refractivity contribution in [2.24, 2.45) is 0 Å². The highest BCUT2D eigenvalue weighted by Crippen LogP contribution is 2.27. The SMILES string of the molecule is COc1ccc(N(C)S(C)(=O)=O)cc1C(=O)N1CCOCC1. The summed E-state index contributed by atoms with van der Waals surface area (Å²) in [5.74, 6) is 0.228.